The maximum Gasteiger partial charge on any atom is 0.305 e. The number of likely N-dealkylation sites (tertiary alicyclic amines) is 1. The van der Waals surface area contributed by atoms with Crippen molar-refractivity contribution < 1.29 is 19.5 Å². The fourth-order valence-electron chi connectivity index (χ4n) is 4.24. The summed E-state index contributed by atoms with van der Waals surface area (Å²) in [5.74, 6) is -1.11. The van der Waals surface area contributed by atoms with E-state index in [9.17, 15) is 19.5 Å². The van der Waals surface area contributed by atoms with Gasteiger partial charge >= 0.3 is 5.97 Å². The molecule has 0 spiro atoms. The van der Waals surface area contributed by atoms with E-state index in [2.05, 4.69) is 5.32 Å². The van der Waals surface area contributed by atoms with Gasteiger partial charge in [-0.2, -0.15) is 0 Å². The monoisotopic (exact) mass is 394 g/mol. The Kier molecular flexibility index (Phi) is 5.51. The van der Waals surface area contributed by atoms with E-state index >= 15 is 0 Å². The summed E-state index contributed by atoms with van der Waals surface area (Å²) < 4.78 is 0. The van der Waals surface area contributed by atoms with Crippen LogP contribution in [-0.4, -0.2) is 40.9 Å². The lowest BCUT2D eigenvalue weighted by Gasteiger charge is -2.33. The molecule has 152 valence electrons. The van der Waals surface area contributed by atoms with Crippen LogP contribution in [0.5, 0.6) is 0 Å². The summed E-state index contributed by atoms with van der Waals surface area (Å²) in [5.41, 5.74) is 0.806. The molecule has 1 saturated carbocycles. The van der Waals surface area contributed by atoms with Crippen molar-refractivity contribution in [2.24, 2.45) is 11.8 Å². The third kappa shape index (κ3) is 4.42. The van der Waals surface area contributed by atoms with Gasteiger partial charge in [-0.25, -0.2) is 0 Å². The summed E-state index contributed by atoms with van der Waals surface area (Å²) in [6.07, 6.45) is 3.24. The predicted molar refractivity (Wildman–Crippen MR) is 109 cm³/mol. The highest BCUT2D eigenvalue weighted by molar-refractivity contribution is 5.88. The zero-order valence-corrected chi connectivity index (χ0v) is 16.3. The van der Waals surface area contributed by atoms with E-state index in [-0.39, 0.29) is 30.1 Å². The molecule has 2 aromatic rings. The van der Waals surface area contributed by atoms with Crippen molar-refractivity contribution in [2.45, 2.75) is 38.1 Å². The summed E-state index contributed by atoms with van der Waals surface area (Å²) in [6, 6.07) is 12.9. The van der Waals surface area contributed by atoms with Gasteiger partial charge in [-0.15, -0.1) is 0 Å². The first kappa shape index (κ1) is 19.4. The van der Waals surface area contributed by atoms with Crippen LogP contribution in [0.3, 0.4) is 0 Å². The van der Waals surface area contributed by atoms with Gasteiger partial charge in [0.2, 0.25) is 11.8 Å². The van der Waals surface area contributed by atoms with E-state index in [0.29, 0.717) is 13.1 Å². The van der Waals surface area contributed by atoms with E-state index in [1.54, 1.807) is 0 Å². The van der Waals surface area contributed by atoms with Crippen LogP contribution in [0.1, 0.15) is 43.7 Å². The second kappa shape index (κ2) is 8.23. The summed E-state index contributed by atoms with van der Waals surface area (Å²) >= 11 is 0. The zero-order valence-electron chi connectivity index (χ0n) is 16.3. The van der Waals surface area contributed by atoms with Gasteiger partial charge in [0.1, 0.15) is 0 Å². The lowest BCUT2D eigenvalue weighted by molar-refractivity contribution is -0.138. The molecular weight excluding hydrogens is 368 g/mol. The van der Waals surface area contributed by atoms with Crippen molar-refractivity contribution in [3.63, 3.8) is 0 Å². The molecule has 6 nitrogen and oxygen atoms in total. The van der Waals surface area contributed by atoms with E-state index in [4.69, 9.17) is 0 Å². The van der Waals surface area contributed by atoms with Gasteiger partial charge in [0.05, 0.1) is 18.4 Å². The maximum absolute atomic E-state index is 13.0. The van der Waals surface area contributed by atoms with Crippen molar-refractivity contribution in [3.05, 3.63) is 48.0 Å². The number of nitrogens with zero attached hydrogens (tertiary/aromatic N) is 1. The number of fused-ring (bicyclic) bond motifs is 1. The number of carbonyl (C=O) groups excluding carboxylic acids is 2. The molecule has 2 fully saturated rings. The second-order valence-corrected chi connectivity index (χ2v) is 8.13. The SMILES string of the molecule is O=C(O)C[C@@H](NC(=O)C1CCCN(C(=O)C2CC2)C1)c1cccc2ccccc12. The lowest BCUT2D eigenvalue weighted by Crippen LogP contribution is -2.46. The van der Waals surface area contributed by atoms with Gasteiger partial charge < -0.3 is 15.3 Å². The fourth-order valence-corrected chi connectivity index (χ4v) is 4.24. The van der Waals surface area contributed by atoms with E-state index in [1.807, 2.05) is 47.4 Å². The number of carboxylic acid groups (broad SMARTS) is 1. The number of piperidine rings is 1. The number of nitrogens with one attached hydrogen (secondary N) is 1. The molecule has 2 atom stereocenters. The average Bonchev–Trinajstić information content (AvgIpc) is 3.57. The van der Waals surface area contributed by atoms with Crippen LogP contribution in [-0.2, 0) is 14.4 Å². The smallest absolute Gasteiger partial charge is 0.305 e. The Labute approximate surface area is 169 Å². The van der Waals surface area contributed by atoms with Crippen LogP contribution in [0.15, 0.2) is 42.5 Å². The van der Waals surface area contributed by atoms with E-state index < -0.39 is 12.0 Å². The molecule has 2 aromatic carbocycles. The predicted octanol–water partition coefficient (Wildman–Crippen LogP) is 3.12. The number of hydrogen-bond donors (Lipinski definition) is 2. The number of rotatable bonds is 6. The molecule has 2 aliphatic rings. The van der Waals surface area contributed by atoms with Gasteiger partial charge in [-0.05, 0) is 42.0 Å². The molecule has 2 amide bonds. The summed E-state index contributed by atoms with van der Waals surface area (Å²) in [5, 5.41) is 14.3. The Balaban J connectivity index is 1.52. The molecule has 0 bridgehead atoms. The quantitative estimate of drug-likeness (QED) is 0.788. The molecule has 6 heteroatoms. The number of benzene rings is 2. The van der Waals surface area contributed by atoms with Gasteiger partial charge in [0, 0.05) is 19.0 Å². The van der Waals surface area contributed by atoms with Crippen LogP contribution in [0.4, 0.5) is 0 Å². The van der Waals surface area contributed by atoms with Crippen molar-refractivity contribution in [1.82, 2.24) is 10.2 Å². The molecule has 2 N–H and O–H groups in total. The minimum absolute atomic E-state index is 0.146. The Hall–Kier alpha value is -2.89. The van der Waals surface area contributed by atoms with Crippen molar-refractivity contribution in [3.8, 4) is 0 Å². The number of aliphatic carboxylic acids is 1. The Morgan fingerprint density at radius 1 is 1.03 bits per heavy atom. The molecule has 4 rings (SSSR count). The van der Waals surface area contributed by atoms with Crippen molar-refractivity contribution in [2.75, 3.05) is 13.1 Å². The van der Waals surface area contributed by atoms with Crippen LogP contribution < -0.4 is 5.32 Å². The third-order valence-corrected chi connectivity index (χ3v) is 5.92. The van der Waals surface area contributed by atoms with Gasteiger partial charge in [-0.3, -0.25) is 14.4 Å². The third-order valence-electron chi connectivity index (χ3n) is 5.92. The van der Waals surface area contributed by atoms with Gasteiger partial charge in [-0.1, -0.05) is 42.5 Å². The minimum atomic E-state index is -0.961. The summed E-state index contributed by atoms with van der Waals surface area (Å²) in [6.45, 7) is 1.14. The first-order chi connectivity index (χ1) is 14.0. The highest BCUT2D eigenvalue weighted by Crippen LogP contribution is 2.33. The van der Waals surface area contributed by atoms with Crippen LogP contribution in [0.25, 0.3) is 10.8 Å². The molecule has 1 unspecified atom stereocenters. The molecule has 1 aliphatic carbocycles. The van der Waals surface area contributed by atoms with E-state index in [1.165, 1.54) is 0 Å². The Morgan fingerprint density at radius 2 is 1.79 bits per heavy atom. The van der Waals surface area contributed by atoms with Gasteiger partial charge in [0.25, 0.3) is 0 Å². The maximum atomic E-state index is 13.0. The topological polar surface area (TPSA) is 86.7 Å². The number of hydrogen-bond acceptors (Lipinski definition) is 3. The second-order valence-electron chi connectivity index (χ2n) is 8.13. The standard InChI is InChI=1S/C23H26N2O4/c26-21(27)13-20(19-9-3-6-15-5-1-2-8-18(15)19)24-22(28)17-7-4-12-25(14-17)23(29)16-10-11-16/h1-3,5-6,8-9,16-17,20H,4,7,10-14H2,(H,24,28)(H,26,27)/t17?,20-/m1/s1. The largest absolute Gasteiger partial charge is 0.481 e. The van der Waals surface area contributed by atoms with Gasteiger partial charge in [0.15, 0.2) is 0 Å². The average molecular weight is 394 g/mol. The van der Waals surface area contributed by atoms with Crippen molar-refractivity contribution >= 4 is 28.6 Å². The zero-order chi connectivity index (χ0) is 20.4. The minimum Gasteiger partial charge on any atom is -0.481 e. The molecule has 1 aliphatic heterocycles. The fraction of sp³-hybridized carbons (Fsp3) is 0.435. The number of carbonyl (C=O) groups is 3. The Bertz CT molecular complexity index is 932. The molecule has 0 radical (unpaired) electrons. The Morgan fingerprint density at radius 3 is 2.55 bits per heavy atom. The normalized spacial score (nSPS) is 20.3. The molecule has 1 saturated heterocycles. The molecule has 1 heterocycles. The molecule has 29 heavy (non-hydrogen) atoms. The van der Waals surface area contributed by atoms with Crippen LogP contribution >= 0.6 is 0 Å². The molecular formula is C23H26N2O4. The first-order valence-corrected chi connectivity index (χ1v) is 10.3. The number of amides is 2. The highest BCUT2D eigenvalue weighted by atomic mass is 16.4. The highest BCUT2D eigenvalue weighted by Gasteiger charge is 2.37. The van der Waals surface area contributed by atoms with Crippen molar-refractivity contribution in [1.29, 1.82) is 0 Å². The van der Waals surface area contributed by atoms with E-state index in [0.717, 1.165) is 42.0 Å². The summed E-state index contributed by atoms with van der Waals surface area (Å²) in [4.78, 5) is 38.7. The van der Waals surface area contributed by atoms with Crippen LogP contribution in [0.2, 0.25) is 0 Å². The number of carboxylic acids is 1. The lowest BCUT2D eigenvalue weighted by atomic mass is 9.93. The molecule has 0 aromatic heterocycles. The summed E-state index contributed by atoms with van der Waals surface area (Å²) in [7, 11) is 0. The van der Waals surface area contributed by atoms with Crippen LogP contribution in [0, 0.1) is 11.8 Å². The first-order valence-electron chi connectivity index (χ1n) is 10.3.